The van der Waals surface area contributed by atoms with Crippen molar-refractivity contribution in [2.24, 2.45) is 0 Å². The molecule has 4 aromatic carbocycles. The van der Waals surface area contributed by atoms with Crippen LogP contribution in [0.3, 0.4) is 0 Å². The summed E-state index contributed by atoms with van der Waals surface area (Å²) in [5.41, 5.74) is 0.874. The first kappa shape index (κ1) is 27.7. The smallest absolute Gasteiger partial charge is 0.262 e. The summed E-state index contributed by atoms with van der Waals surface area (Å²) in [7, 11) is -4.91. The molecule has 0 fully saturated rings. The van der Waals surface area contributed by atoms with Gasteiger partial charge >= 0.3 is 0 Å². The largest absolute Gasteiger partial charge is 0.497 e. The van der Waals surface area contributed by atoms with Gasteiger partial charge in [-0.1, -0.05) is 36.4 Å². The molecule has 0 saturated carbocycles. The summed E-state index contributed by atoms with van der Waals surface area (Å²) in [4.78, 5) is 12.8. The molecule has 0 saturated heterocycles. The second-order valence-electron chi connectivity index (χ2n) is 8.51. The highest BCUT2D eigenvalue weighted by atomic mass is 32.2. The fraction of sp³-hybridized carbons (Fsp3) is 0.148. The van der Waals surface area contributed by atoms with Gasteiger partial charge in [0, 0.05) is 17.1 Å². The van der Waals surface area contributed by atoms with E-state index in [1.807, 2.05) is 18.2 Å². The van der Waals surface area contributed by atoms with E-state index >= 15 is 0 Å². The Labute approximate surface area is 227 Å². The lowest BCUT2D eigenvalue weighted by Crippen LogP contribution is -2.37. The number of ether oxygens (including phenoxy) is 2. The average Bonchev–Trinajstić information content (AvgIpc) is 2.91. The number of anilines is 3. The first-order valence-electron chi connectivity index (χ1n) is 11.6. The number of nitrogens with one attached hydrogen (secondary N) is 2. The molecule has 0 aliphatic heterocycles. The number of methoxy groups -OCH3 is 2. The summed E-state index contributed by atoms with van der Waals surface area (Å²) in [6, 6.07) is 22.7. The molecule has 0 radical (unpaired) electrons. The zero-order chi connectivity index (χ0) is 28.2. The molecule has 1 amide bonds. The molecule has 4 rings (SSSR count). The van der Waals surface area contributed by atoms with Crippen LogP contribution in [-0.2, 0) is 24.8 Å². The Bertz CT molecular complexity index is 1720. The van der Waals surface area contributed by atoms with Crippen molar-refractivity contribution in [3.05, 3.63) is 84.9 Å². The van der Waals surface area contributed by atoms with Crippen molar-refractivity contribution < 1.29 is 31.1 Å². The summed E-state index contributed by atoms with van der Waals surface area (Å²) >= 11 is 0. The van der Waals surface area contributed by atoms with Gasteiger partial charge in [-0.3, -0.25) is 13.8 Å². The van der Waals surface area contributed by atoms with E-state index in [0.717, 1.165) is 15.9 Å². The number of nitrogens with zero attached hydrogens (tertiary/aromatic N) is 1. The van der Waals surface area contributed by atoms with E-state index < -0.39 is 32.5 Å². The predicted octanol–water partition coefficient (Wildman–Crippen LogP) is 4.06. The van der Waals surface area contributed by atoms with Crippen LogP contribution in [0.4, 0.5) is 17.1 Å². The van der Waals surface area contributed by atoms with E-state index in [2.05, 4.69) is 10.0 Å². The third-order valence-electron chi connectivity index (χ3n) is 5.82. The Hall–Kier alpha value is -4.29. The van der Waals surface area contributed by atoms with Gasteiger partial charge in [0.05, 0.1) is 36.7 Å². The summed E-state index contributed by atoms with van der Waals surface area (Å²) < 4.78 is 65.0. The van der Waals surface area contributed by atoms with Crippen molar-refractivity contribution in [1.82, 2.24) is 0 Å². The zero-order valence-corrected chi connectivity index (χ0v) is 23.0. The number of sulfonamides is 2. The molecule has 0 heterocycles. The van der Waals surface area contributed by atoms with Crippen LogP contribution in [0.1, 0.15) is 0 Å². The molecule has 0 aliphatic carbocycles. The number of fused-ring (bicyclic) bond motifs is 1. The van der Waals surface area contributed by atoms with Crippen LogP contribution < -0.4 is 23.8 Å². The summed E-state index contributed by atoms with van der Waals surface area (Å²) in [5, 5.41) is 4.15. The lowest BCUT2D eigenvalue weighted by Gasteiger charge is -2.23. The summed E-state index contributed by atoms with van der Waals surface area (Å²) in [6.45, 7) is -0.468. The number of carbonyl (C=O) groups excluding carboxylic acids is 1. The molecule has 12 heteroatoms. The second-order valence-corrected chi connectivity index (χ2v) is 12.1. The van der Waals surface area contributed by atoms with E-state index in [4.69, 9.17) is 9.47 Å². The van der Waals surface area contributed by atoms with E-state index in [1.54, 1.807) is 36.4 Å². The lowest BCUT2D eigenvalue weighted by molar-refractivity contribution is -0.114. The third-order valence-corrected chi connectivity index (χ3v) is 8.33. The van der Waals surface area contributed by atoms with Crippen LogP contribution in [0.5, 0.6) is 11.5 Å². The normalized spacial score (nSPS) is 11.6. The quantitative estimate of drug-likeness (QED) is 0.294. The fourth-order valence-electron chi connectivity index (χ4n) is 3.95. The molecule has 0 atom stereocenters. The molecule has 0 bridgehead atoms. The van der Waals surface area contributed by atoms with Crippen molar-refractivity contribution in [1.29, 1.82) is 0 Å². The Balaban J connectivity index is 1.51. The second kappa shape index (κ2) is 11.2. The lowest BCUT2D eigenvalue weighted by atomic mass is 10.1. The predicted molar refractivity (Wildman–Crippen MR) is 152 cm³/mol. The van der Waals surface area contributed by atoms with Crippen LogP contribution in [0.2, 0.25) is 0 Å². The number of benzene rings is 4. The maximum Gasteiger partial charge on any atom is 0.262 e. The zero-order valence-electron chi connectivity index (χ0n) is 21.4. The standard InChI is InChI=1S/C27H27N3O7S2/c1-36-21-13-16-26(37-2)24(17-21)29-39(34,35)22-14-11-20(12-15-22)28-27(31)18-30(38(3,32)33)25-10-6-8-19-7-4-5-9-23(19)25/h4-17,29H,18H2,1-3H3,(H,28,31). The molecule has 10 nitrogen and oxygen atoms in total. The number of hydrogen-bond donors (Lipinski definition) is 2. The van der Waals surface area contributed by atoms with Gasteiger partial charge in [-0.2, -0.15) is 0 Å². The van der Waals surface area contributed by atoms with Crippen LogP contribution in [-0.4, -0.2) is 49.8 Å². The average molecular weight is 570 g/mol. The van der Waals surface area contributed by atoms with Crippen molar-refractivity contribution in [3.8, 4) is 11.5 Å². The van der Waals surface area contributed by atoms with Crippen LogP contribution >= 0.6 is 0 Å². The molecular formula is C27H27N3O7S2. The Morgan fingerprint density at radius 1 is 0.846 bits per heavy atom. The minimum Gasteiger partial charge on any atom is -0.497 e. The molecule has 0 aromatic heterocycles. The molecule has 4 aromatic rings. The fourth-order valence-corrected chi connectivity index (χ4v) is 5.88. The van der Waals surface area contributed by atoms with E-state index in [0.29, 0.717) is 28.3 Å². The van der Waals surface area contributed by atoms with Gasteiger partial charge in [0.1, 0.15) is 18.0 Å². The van der Waals surface area contributed by atoms with Gasteiger partial charge in [-0.25, -0.2) is 16.8 Å². The SMILES string of the molecule is COc1ccc(OC)c(NS(=O)(=O)c2ccc(NC(=O)CN(c3cccc4ccccc34)S(C)(=O)=O)cc2)c1. The molecule has 0 unspecified atom stereocenters. The molecule has 0 aliphatic rings. The highest BCUT2D eigenvalue weighted by molar-refractivity contribution is 7.92. The summed E-state index contributed by atoms with van der Waals surface area (Å²) in [6.07, 6.45) is 1.03. The van der Waals surface area contributed by atoms with Crippen LogP contribution in [0.25, 0.3) is 10.8 Å². The number of rotatable bonds is 10. The van der Waals surface area contributed by atoms with Gasteiger partial charge < -0.3 is 14.8 Å². The molecular weight excluding hydrogens is 542 g/mol. The first-order chi connectivity index (χ1) is 18.5. The number of amides is 1. The molecule has 204 valence electrons. The van der Waals surface area contributed by atoms with Gasteiger partial charge in [0.15, 0.2) is 0 Å². The van der Waals surface area contributed by atoms with Crippen molar-refractivity contribution in [2.45, 2.75) is 4.90 Å². The van der Waals surface area contributed by atoms with Crippen LogP contribution in [0.15, 0.2) is 89.8 Å². The Morgan fingerprint density at radius 3 is 2.21 bits per heavy atom. The maximum absolute atomic E-state index is 13.0. The van der Waals surface area contributed by atoms with Gasteiger partial charge in [0.25, 0.3) is 10.0 Å². The van der Waals surface area contributed by atoms with Gasteiger partial charge in [-0.15, -0.1) is 0 Å². The topological polar surface area (TPSA) is 131 Å². The Kier molecular flexibility index (Phi) is 7.98. The highest BCUT2D eigenvalue weighted by Crippen LogP contribution is 2.31. The first-order valence-corrected chi connectivity index (χ1v) is 15.0. The van der Waals surface area contributed by atoms with Crippen molar-refractivity contribution in [2.75, 3.05) is 41.4 Å². The Morgan fingerprint density at radius 2 is 1.54 bits per heavy atom. The maximum atomic E-state index is 13.0. The van der Waals surface area contributed by atoms with Crippen LogP contribution in [0, 0.1) is 0 Å². The third kappa shape index (κ3) is 6.41. The van der Waals surface area contributed by atoms with Crippen molar-refractivity contribution in [3.63, 3.8) is 0 Å². The van der Waals surface area contributed by atoms with Crippen molar-refractivity contribution >= 4 is 53.8 Å². The number of hydrogen-bond acceptors (Lipinski definition) is 7. The minimum absolute atomic E-state index is 0.0566. The molecule has 2 N–H and O–H groups in total. The highest BCUT2D eigenvalue weighted by Gasteiger charge is 2.23. The molecule has 39 heavy (non-hydrogen) atoms. The van der Waals surface area contributed by atoms with E-state index in [9.17, 15) is 21.6 Å². The molecule has 0 spiro atoms. The minimum atomic E-state index is -4.00. The monoisotopic (exact) mass is 569 g/mol. The van der Waals surface area contributed by atoms with E-state index in [1.165, 1.54) is 44.6 Å². The number of carbonyl (C=O) groups is 1. The van der Waals surface area contributed by atoms with Gasteiger partial charge in [-0.05, 0) is 47.9 Å². The van der Waals surface area contributed by atoms with Gasteiger partial charge in [0.2, 0.25) is 15.9 Å². The summed E-state index contributed by atoms with van der Waals surface area (Å²) in [5.74, 6) is 0.159. The van der Waals surface area contributed by atoms with E-state index in [-0.39, 0.29) is 10.6 Å².